The summed E-state index contributed by atoms with van der Waals surface area (Å²) in [6.45, 7) is 0.997. The molecule has 0 radical (unpaired) electrons. The third kappa shape index (κ3) is 3.59. The Morgan fingerprint density at radius 3 is 2.54 bits per heavy atom. The van der Waals surface area contributed by atoms with Crippen LogP contribution in [0.1, 0.15) is 12.0 Å². The quantitative estimate of drug-likeness (QED) is 0.848. The third-order valence-electron chi connectivity index (χ3n) is 4.10. The molecular formula is C18H20N2O3S. The zero-order valence-electron chi connectivity index (χ0n) is 13.3. The van der Waals surface area contributed by atoms with Crippen molar-refractivity contribution in [3.8, 4) is 0 Å². The van der Waals surface area contributed by atoms with Crippen LogP contribution >= 0.6 is 0 Å². The third-order valence-corrected chi connectivity index (χ3v) is 5.92. The highest BCUT2D eigenvalue weighted by Crippen LogP contribution is 2.27. The van der Waals surface area contributed by atoms with Gasteiger partial charge in [-0.15, -0.1) is 0 Å². The van der Waals surface area contributed by atoms with E-state index in [0.717, 1.165) is 12.1 Å². The molecule has 0 spiro atoms. The smallest absolute Gasteiger partial charge is 0.321 e. The van der Waals surface area contributed by atoms with Crippen molar-refractivity contribution in [2.75, 3.05) is 23.7 Å². The molecule has 2 amide bonds. The maximum Gasteiger partial charge on any atom is 0.321 e. The maximum absolute atomic E-state index is 12.3. The molecule has 126 valence electrons. The Kier molecular flexibility index (Phi) is 4.85. The van der Waals surface area contributed by atoms with E-state index in [2.05, 4.69) is 5.32 Å². The summed E-state index contributed by atoms with van der Waals surface area (Å²) in [4.78, 5) is 14.3. The average molecular weight is 344 g/mol. The van der Waals surface area contributed by atoms with Crippen LogP contribution in [0, 0.1) is 0 Å². The molecule has 1 aliphatic heterocycles. The van der Waals surface area contributed by atoms with Gasteiger partial charge >= 0.3 is 6.03 Å². The number of amides is 2. The summed E-state index contributed by atoms with van der Waals surface area (Å²) < 4.78 is 24.3. The predicted molar refractivity (Wildman–Crippen MR) is 94.0 cm³/mol. The molecule has 1 heterocycles. The summed E-state index contributed by atoms with van der Waals surface area (Å²) in [5.74, 6) is 0.0217. The van der Waals surface area contributed by atoms with Crippen LogP contribution in [0.5, 0.6) is 0 Å². The molecule has 0 saturated heterocycles. The minimum atomic E-state index is -3.29. The molecule has 0 saturated carbocycles. The van der Waals surface area contributed by atoms with E-state index in [1.807, 2.05) is 24.3 Å². The lowest BCUT2D eigenvalue weighted by Crippen LogP contribution is -2.39. The zero-order chi connectivity index (χ0) is 17.0. The van der Waals surface area contributed by atoms with Gasteiger partial charge in [0.05, 0.1) is 10.6 Å². The molecule has 2 aromatic rings. The van der Waals surface area contributed by atoms with E-state index >= 15 is 0 Å². The van der Waals surface area contributed by atoms with Crippen LogP contribution in [0.15, 0.2) is 59.5 Å². The zero-order valence-corrected chi connectivity index (χ0v) is 14.1. The van der Waals surface area contributed by atoms with Gasteiger partial charge in [-0.1, -0.05) is 36.4 Å². The summed E-state index contributed by atoms with van der Waals surface area (Å²) in [6, 6.07) is 16.1. The lowest BCUT2D eigenvalue weighted by Gasteiger charge is -2.18. The van der Waals surface area contributed by atoms with E-state index in [-0.39, 0.29) is 11.8 Å². The van der Waals surface area contributed by atoms with E-state index in [1.54, 1.807) is 35.2 Å². The number of carbonyl (C=O) groups excluding carboxylic acids is 1. The lowest BCUT2D eigenvalue weighted by atomic mass is 10.2. The van der Waals surface area contributed by atoms with Gasteiger partial charge in [0.2, 0.25) is 0 Å². The van der Waals surface area contributed by atoms with Crippen molar-refractivity contribution in [2.24, 2.45) is 0 Å². The van der Waals surface area contributed by atoms with Crippen LogP contribution in [0.2, 0.25) is 0 Å². The molecule has 0 atom stereocenters. The Balaban J connectivity index is 1.50. The highest BCUT2D eigenvalue weighted by atomic mass is 32.2. The Hall–Kier alpha value is -2.34. The molecule has 6 heteroatoms. The number of benzene rings is 2. The van der Waals surface area contributed by atoms with Crippen molar-refractivity contribution in [2.45, 2.75) is 17.7 Å². The van der Waals surface area contributed by atoms with E-state index in [0.29, 0.717) is 24.4 Å². The van der Waals surface area contributed by atoms with Crippen LogP contribution < -0.4 is 10.2 Å². The minimum Gasteiger partial charge on any atom is -0.338 e. The highest BCUT2D eigenvalue weighted by Gasteiger charge is 2.23. The number of urea groups is 1. The van der Waals surface area contributed by atoms with Crippen molar-refractivity contribution < 1.29 is 13.2 Å². The van der Waals surface area contributed by atoms with Crippen LogP contribution in [0.3, 0.4) is 0 Å². The second-order valence-corrected chi connectivity index (χ2v) is 7.86. The lowest BCUT2D eigenvalue weighted by molar-refractivity contribution is 0.247. The van der Waals surface area contributed by atoms with Gasteiger partial charge in [-0.05, 0) is 36.6 Å². The Morgan fingerprint density at radius 1 is 1.04 bits per heavy atom. The number of carbonyl (C=O) groups is 1. The molecule has 0 bridgehead atoms. The van der Waals surface area contributed by atoms with Crippen LogP contribution in [0.4, 0.5) is 10.5 Å². The maximum atomic E-state index is 12.3. The van der Waals surface area contributed by atoms with Gasteiger partial charge in [-0.2, -0.15) is 0 Å². The summed E-state index contributed by atoms with van der Waals surface area (Å²) in [6.07, 6.45) is 1.24. The normalized spacial score (nSPS) is 13.6. The van der Waals surface area contributed by atoms with Crippen LogP contribution in [-0.4, -0.2) is 33.3 Å². The molecule has 5 nitrogen and oxygen atoms in total. The standard InChI is InChI=1S/C18H20N2O3S/c21-18(20-13-11-15-7-4-5-10-17(15)20)19-12-6-14-24(22,23)16-8-2-1-3-9-16/h1-5,7-10H,6,11-14H2,(H,19,21). The molecule has 24 heavy (non-hydrogen) atoms. The van der Waals surface area contributed by atoms with Gasteiger partial charge < -0.3 is 5.32 Å². The number of para-hydroxylation sites is 1. The first-order chi connectivity index (χ1) is 11.6. The molecule has 0 aliphatic carbocycles. The fraction of sp³-hybridized carbons (Fsp3) is 0.278. The minimum absolute atomic E-state index is 0.0217. The summed E-state index contributed by atoms with van der Waals surface area (Å²) in [7, 11) is -3.29. The van der Waals surface area contributed by atoms with Gasteiger partial charge in [0.25, 0.3) is 0 Å². The predicted octanol–water partition coefficient (Wildman–Crippen LogP) is 2.62. The number of hydrogen-bond donors (Lipinski definition) is 1. The SMILES string of the molecule is O=C(NCCCS(=O)(=O)c1ccccc1)N1CCc2ccccc21. The van der Waals surface area contributed by atoms with E-state index in [9.17, 15) is 13.2 Å². The van der Waals surface area contributed by atoms with E-state index in [4.69, 9.17) is 0 Å². The molecule has 1 N–H and O–H groups in total. The number of hydrogen-bond acceptors (Lipinski definition) is 3. The monoisotopic (exact) mass is 344 g/mol. The van der Waals surface area contributed by atoms with Crippen molar-refractivity contribution in [1.29, 1.82) is 0 Å². The van der Waals surface area contributed by atoms with Crippen molar-refractivity contribution in [3.63, 3.8) is 0 Å². The first-order valence-electron chi connectivity index (χ1n) is 7.99. The van der Waals surface area contributed by atoms with Gasteiger partial charge in [0.1, 0.15) is 0 Å². The van der Waals surface area contributed by atoms with Crippen LogP contribution in [-0.2, 0) is 16.3 Å². The highest BCUT2D eigenvalue weighted by molar-refractivity contribution is 7.91. The molecule has 0 fully saturated rings. The van der Waals surface area contributed by atoms with Gasteiger partial charge in [-0.25, -0.2) is 13.2 Å². The molecular weight excluding hydrogens is 324 g/mol. The summed E-state index contributed by atoms with van der Waals surface area (Å²) in [5, 5.41) is 2.81. The van der Waals surface area contributed by atoms with E-state index in [1.165, 1.54) is 5.56 Å². The second kappa shape index (κ2) is 7.05. The Labute approximate surface area is 142 Å². The van der Waals surface area contributed by atoms with Crippen molar-refractivity contribution in [1.82, 2.24) is 5.32 Å². The molecule has 1 aliphatic rings. The number of nitrogens with zero attached hydrogens (tertiary/aromatic N) is 1. The number of rotatable bonds is 5. The summed E-state index contributed by atoms with van der Waals surface area (Å²) in [5.41, 5.74) is 2.10. The number of fused-ring (bicyclic) bond motifs is 1. The number of sulfone groups is 1. The Bertz CT molecular complexity index is 819. The average Bonchev–Trinajstić information content (AvgIpc) is 3.03. The first-order valence-corrected chi connectivity index (χ1v) is 9.64. The van der Waals surface area contributed by atoms with Gasteiger partial charge in [-0.3, -0.25) is 4.90 Å². The summed E-state index contributed by atoms with van der Waals surface area (Å²) >= 11 is 0. The fourth-order valence-corrected chi connectivity index (χ4v) is 4.18. The molecule has 3 rings (SSSR count). The van der Waals surface area contributed by atoms with E-state index < -0.39 is 9.84 Å². The Morgan fingerprint density at radius 2 is 1.75 bits per heavy atom. The molecule has 0 unspecified atom stereocenters. The van der Waals surface area contributed by atoms with Gasteiger partial charge in [0.15, 0.2) is 9.84 Å². The molecule has 0 aromatic heterocycles. The van der Waals surface area contributed by atoms with Crippen molar-refractivity contribution in [3.05, 3.63) is 60.2 Å². The van der Waals surface area contributed by atoms with Gasteiger partial charge in [0, 0.05) is 18.8 Å². The topological polar surface area (TPSA) is 66.5 Å². The van der Waals surface area contributed by atoms with Crippen molar-refractivity contribution >= 4 is 21.6 Å². The first kappa shape index (κ1) is 16.5. The number of nitrogens with one attached hydrogen (secondary N) is 1. The fourth-order valence-electron chi connectivity index (χ4n) is 2.85. The molecule has 2 aromatic carbocycles. The number of anilines is 1. The largest absolute Gasteiger partial charge is 0.338 e. The second-order valence-electron chi connectivity index (χ2n) is 5.75. The van der Waals surface area contributed by atoms with Crippen LogP contribution in [0.25, 0.3) is 0 Å².